The molecule has 0 bridgehead atoms. The molecule has 216 valence electrons. The summed E-state index contributed by atoms with van der Waals surface area (Å²) in [6, 6.07) is 30.9. The van der Waals surface area contributed by atoms with Crippen LogP contribution < -0.4 is 9.60 Å². The van der Waals surface area contributed by atoms with E-state index in [1.54, 1.807) is 0 Å². The van der Waals surface area contributed by atoms with Gasteiger partial charge in [-0.15, -0.1) is 22.7 Å². The summed E-state index contributed by atoms with van der Waals surface area (Å²) < 4.78 is 30.3. The molecule has 9 heteroatoms. The molecule has 4 heterocycles. The Labute approximate surface area is 256 Å². The van der Waals surface area contributed by atoms with Crippen molar-refractivity contribution < 1.29 is 17.7 Å². The van der Waals surface area contributed by atoms with Gasteiger partial charge in [-0.1, -0.05) is 48.6 Å². The highest BCUT2D eigenvalue weighted by molar-refractivity contribution is 7.24. The maximum atomic E-state index is 9.67. The maximum absolute atomic E-state index is 9.67. The number of allylic oxidation sites excluding steroid dienone is 3. The molecule has 1 aliphatic rings. The first kappa shape index (κ1) is 31.7. The molecule has 1 aliphatic heterocycles. The third kappa shape index (κ3) is 8.63. The lowest BCUT2D eigenvalue weighted by Crippen LogP contribution is -3.00. The van der Waals surface area contributed by atoms with E-state index in [0.717, 1.165) is 6.42 Å². The van der Waals surface area contributed by atoms with Gasteiger partial charge in [-0.25, -0.2) is 0 Å². The van der Waals surface area contributed by atoms with Crippen molar-refractivity contribution in [3.8, 4) is 20.2 Å². The Balaban J connectivity index is 0.000000763. The Morgan fingerprint density at radius 1 is 0.786 bits per heavy atom. The Kier molecular flexibility index (Phi) is 11.9. The monoisotopic (exact) mass is 623 g/mol. The van der Waals surface area contributed by atoms with Gasteiger partial charge in [0.25, 0.3) is 0 Å². The van der Waals surface area contributed by atoms with Crippen LogP contribution in [0.15, 0.2) is 103 Å². The molecule has 1 nitrogen and oxygen atoms in total. The van der Waals surface area contributed by atoms with Crippen molar-refractivity contribution in [3.63, 3.8) is 0 Å². The summed E-state index contributed by atoms with van der Waals surface area (Å²) in [5.41, 5.74) is 2.66. The Bertz CT molecular complexity index is 1610. The molecule has 0 amide bonds. The molecule has 0 N–H and O–H groups in total. The van der Waals surface area contributed by atoms with E-state index in [4.69, 9.17) is 0 Å². The number of fused-ring (bicyclic) bond motifs is 1. The van der Waals surface area contributed by atoms with Crippen LogP contribution in [0, 0.1) is 0 Å². The summed E-state index contributed by atoms with van der Waals surface area (Å²) in [5, 5.41) is 2.77. The predicted octanol–water partition coefficient (Wildman–Crippen LogP) is 8.33. The summed E-state index contributed by atoms with van der Waals surface area (Å²) in [4.78, 5) is 7.91. The third-order valence-electron chi connectivity index (χ3n) is 6.79. The fourth-order valence-electron chi connectivity index (χ4n) is 4.86. The minimum Gasteiger partial charge on any atom is -1.00 e. The second kappa shape index (κ2) is 15.8. The van der Waals surface area contributed by atoms with Crippen LogP contribution in [0.4, 0.5) is 17.9 Å². The second-order valence-corrected chi connectivity index (χ2v) is 12.9. The predicted molar refractivity (Wildman–Crippen MR) is 176 cm³/mol. The molecule has 42 heavy (non-hydrogen) atoms. The zero-order valence-electron chi connectivity index (χ0n) is 22.9. The molecule has 0 spiro atoms. The normalized spacial score (nSPS) is 13.3. The molecule has 5 aromatic rings. The van der Waals surface area contributed by atoms with Gasteiger partial charge < -0.3 is 9.60 Å². The Morgan fingerprint density at radius 3 is 2.26 bits per heavy atom. The van der Waals surface area contributed by atoms with Gasteiger partial charge in [0.05, 0.1) is 5.00 Å². The number of hydrogen-bond acceptors (Lipinski definition) is 3. The van der Waals surface area contributed by atoms with Gasteiger partial charge >= 0.3 is 7.54 Å². The number of thiophene rings is 2. The largest absolute Gasteiger partial charge is 1.00 e. The SMILES string of the molecule is C(/C=C/c1ccc(-c2ccc(N3CCCCC3)s2)s1)=C\Cc1cc(-c2ccccc2)[s+]c2ccccc12.FB(F)F.[F-]. The molecule has 0 atom stereocenters. The number of rotatable bonds is 7. The molecular weight excluding hydrogens is 593 g/mol. The number of halogens is 4. The molecule has 1 saturated heterocycles. The summed E-state index contributed by atoms with van der Waals surface area (Å²) in [7, 11) is -3.67. The summed E-state index contributed by atoms with van der Waals surface area (Å²) >= 11 is 5.68. The van der Waals surface area contributed by atoms with Gasteiger partial charge in [0.1, 0.15) is 0 Å². The molecule has 0 radical (unpaired) electrons. The first-order valence-corrected chi connectivity index (χ1v) is 16.1. The molecular formula is C33H30BF4NS3. The van der Waals surface area contributed by atoms with Crippen molar-refractivity contribution in [1.29, 1.82) is 0 Å². The molecule has 0 saturated carbocycles. The van der Waals surface area contributed by atoms with E-state index in [9.17, 15) is 12.9 Å². The summed E-state index contributed by atoms with van der Waals surface area (Å²) in [5.74, 6) is 0. The zero-order chi connectivity index (χ0) is 28.4. The van der Waals surface area contributed by atoms with Gasteiger partial charge in [0.2, 0.25) is 20.9 Å². The first-order chi connectivity index (χ1) is 20.1. The molecule has 1 fully saturated rings. The zero-order valence-corrected chi connectivity index (χ0v) is 25.3. The Morgan fingerprint density at radius 2 is 1.48 bits per heavy atom. The minimum atomic E-state index is -3.67. The van der Waals surface area contributed by atoms with Gasteiger partial charge in [0, 0.05) is 50.8 Å². The van der Waals surface area contributed by atoms with Crippen LogP contribution in [-0.2, 0) is 6.42 Å². The number of hydrogen-bond donors (Lipinski definition) is 0. The van der Waals surface area contributed by atoms with Crippen molar-refractivity contribution in [2.24, 2.45) is 0 Å². The van der Waals surface area contributed by atoms with Crippen molar-refractivity contribution in [2.75, 3.05) is 18.0 Å². The lowest BCUT2D eigenvalue weighted by molar-refractivity contribution is -0.0000104. The number of piperidine rings is 1. The highest BCUT2D eigenvalue weighted by atomic mass is 32.1. The van der Waals surface area contributed by atoms with E-state index in [2.05, 4.69) is 114 Å². The molecule has 0 unspecified atom stereocenters. The second-order valence-electron chi connectivity index (χ2n) is 9.62. The lowest BCUT2D eigenvalue weighted by Gasteiger charge is -2.27. The molecule has 0 aliphatic carbocycles. The van der Waals surface area contributed by atoms with Crippen molar-refractivity contribution >= 4 is 62.7 Å². The lowest BCUT2D eigenvalue weighted by atomic mass is 10.1. The minimum absolute atomic E-state index is 0. The fourth-order valence-corrected chi connectivity index (χ4v) is 8.08. The number of benzene rings is 2. The number of nitrogens with zero attached hydrogens (tertiary/aromatic N) is 1. The van der Waals surface area contributed by atoms with Crippen LogP contribution in [0.5, 0.6) is 0 Å². The van der Waals surface area contributed by atoms with Gasteiger partial charge in [-0.05, 0) is 79.8 Å². The van der Waals surface area contributed by atoms with Crippen LogP contribution >= 0.6 is 34.0 Å². The van der Waals surface area contributed by atoms with Crippen LogP contribution in [0.3, 0.4) is 0 Å². The van der Waals surface area contributed by atoms with Crippen LogP contribution in [0.1, 0.15) is 29.7 Å². The van der Waals surface area contributed by atoms with Crippen molar-refractivity contribution in [1.82, 2.24) is 0 Å². The quantitative estimate of drug-likeness (QED) is 0.0763. The smallest absolute Gasteiger partial charge is 0.762 e. The van der Waals surface area contributed by atoms with Crippen molar-refractivity contribution in [2.45, 2.75) is 25.7 Å². The van der Waals surface area contributed by atoms with E-state index < -0.39 is 7.54 Å². The van der Waals surface area contributed by atoms with Gasteiger partial charge in [-0.3, -0.25) is 12.9 Å². The third-order valence-corrected chi connectivity index (χ3v) is 10.3. The summed E-state index contributed by atoms with van der Waals surface area (Å²) in [6.07, 6.45) is 13.8. The van der Waals surface area contributed by atoms with E-state index in [0.29, 0.717) is 0 Å². The van der Waals surface area contributed by atoms with Crippen LogP contribution in [-0.4, -0.2) is 20.6 Å². The van der Waals surface area contributed by atoms with E-state index in [1.807, 2.05) is 34.0 Å². The summed E-state index contributed by atoms with van der Waals surface area (Å²) in [6.45, 7) is 2.41. The van der Waals surface area contributed by atoms with E-state index in [-0.39, 0.29) is 4.70 Å². The molecule has 6 rings (SSSR count). The van der Waals surface area contributed by atoms with Crippen LogP contribution in [0.2, 0.25) is 0 Å². The maximum Gasteiger partial charge on any atom is 0.762 e. The van der Waals surface area contributed by atoms with Gasteiger partial charge in [-0.2, -0.15) is 0 Å². The standard InChI is InChI=1S/C33H30NS3.BF3.FH/c1-4-12-25(13-5-1)32-24-26(28-16-8-9-17-29(28)36-32)14-6-2-7-15-27-18-19-30(35-27)31-20-21-33(37-31)34-22-10-3-11-23-34;2-1(3)4;/h1-2,4-9,12-13,15-21,24H,3,10-11,14,22-23H2;;1H/q+1;;/p-1/b6-2+,15-7+;;. The van der Waals surface area contributed by atoms with Crippen LogP contribution in [0.25, 0.3) is 36.4 Å². The Hall–Kier alpha value is -3.27. The first-order valence-electron chi connectivity index (χ1n) is 13.7. The topological polar surface area (TPSA) is 3.24 Å². The highest BCUT2D eigenvalue weighted by Crippen LogP contribution is 2.38. The van der Waals surface area contributed by atoms with E-state index in [1.165, 1.54) is 78.1 Å². The highest BCUT2D eigenvalue weighted by Gasteiger charge is 2.17. The molecule has 2 aromatic carbocycles. The van der Waals surface area contributed by atoms with E-state index >= 15 is 0 Å². The van der Waals surface area contributed by atoms with Gasteiger partial charge in [0.15, 0.2) is 0 Å². The average molecular weight is 624 g/mol. The van der Waals surface area contributed by atoms with Crippen molar-refractivity contribution in [3.05, 3.63) is 114 Å². The number of anilines is 1. The fraction of sp³-hybridized carbons (Fsp3) is 0.182. The average Bonchev–Trinajstić information content (AvgIpc) is 3.68. The molecule has 3 aromatic heterocycles.